The summed E-state index contributed by atoms with van der Waals surface area (Å²) >= 11 is 5.88. The number of carbonyl (C=O) groups is 2. The molecule has 10 nitrogen and oxygen atoms in total. The average Bonchev–Trinajstić information content (AvgIpc) is 3.59. The minimum absolute atomic E-state index is 0.0588. The molecule has 2 aromatic carbocycles. The van der Waals surface area contributed by atoms with Crippen LogP contribution in [0.4, 0.5) is 5.69 Å². The van der Waals surface area contributed by atoms with Crippen molar-refractivity contribution in [2.75, 3.05) is 5.32 Å². The molecule has 2 N–H and O–H groups in total. The number of rotatable bonds is 6. The first-order valence-electron chi connectivity index (χ1n) is 11.3. The van der Waals surface area contributed by atoms with Crippen LogP contribution in [-0.4, -0.2) is 36.6 Å². The molecule has 1 aliphatic rings. The Balaban J connectivity index is 1.61. The van der Waals surface area contributed by atoms with Crippen molar-refractivity contribution in [1.82, 2.24) is 24.1 Å². The maximum absolute atomic E-state index is 13.4. The van der Waals surface area contributed by atoms with E-state index in [9.17, 15) is 19.2 Å². The van der Waals surface area contributed by atoms with Gasteiger partial charge in [0.2, 0.25) is 11.7 Å². The van der Waals surface area contributed by atoms with Gasteiger partial charge in [-0.25, -0.2) is 13.9 Å². The summed E-state index contributed by atoms with van der Waals surface area (Å²) < 4.78 is 3.83. The monoisotopic (exact) mass is 494 g/mol. The number of fused-ring (bicyclic) bond motifs is 3. The van der Waals surface area contributed by atoms with Crippen LogP contribution in [0.3, 0.4) is 0 Å². The highest BCUT2D eigenvalue weighted by Gasteiger charge is 2.30. The second kappa shape index (κ2) is 8.70. The van der Waals surface area contributed by atoms with E-state index in [1.54, 1.807) is 36.4 Å². The lowest BCUT2D eigenvalue weighted by molar-refractivity contribution is -0.117. The van der Waals surface area contributed by atoms with Crippen LogP contribution in [0.15, 0.2) is 52.1 Å². The zero-order chi connectivity index (χ0) is 24.9. The molecule has 4 aromatic rings. The highest BCUT2D eigenvalue weighted by atomic mass is 35.5. The number of halogens is 1. The number of hydrogen-bond donors (Lipinski definition) is 2. The van der Waals surface area contributed by atoms with Crippen LogP contribution in [0.1, 0.15) is 43.1 Å². The Hall–Kier alpha value is -3.92. The fourth-order valence-electron chi connectivity index (χ4n) is 4.00. The highest BCUT2D eigenvalue weighted by molar-refractivity contribution is 6.30. The van der Waals surface area contributed by atoms with Gasteiger partial charge in [-0.15, -0.1) is 5.10 Å². The Morgan fingerprint density at radius 3 is 2.49 bits per heavy atom. The third-order valence-corrected chi connectivity index (χ3v) is 5.99. The van der Waals surface area contributed by atoms with Crippen LogP contribution in [0.5, 0.6) is 0 Å². The number of amides is 2. The van der Waals surface area contributed by atoms with E-state index in [1.807, 2.05) is 13.8 Å². The summed E-state index contributed by atoms with van der Waals surface area (Å²) in [6.45, 7) is 3.33. The van der Waals surface area contributed by atoms with Gasteiger partial charge in [-0.2, -0.15) is 0 Å². The van der Waals surface area contributed by atoms with Crippen LogP contribution >= 0.6 is 11.6 Å². The number of nitrogens with zero attached hydrogens (tertiary/aromatic N) is 4. The standard InChI is InChI=1S/C24H23ClN6O4/c1-13(2)26-21(33)14-3-10-18-19(11-14)31-23(30(22(18)34)17-8-9-17)28-29(24(31)35)12-20(32)27-16-6-4-15(25)5-7-16/h3-7,10-11,13,17H,8-9,12H2,1-2H3,(H,26,33)(H,27,32). The number of anilines is 1. The van der Waals surface area contributed by atoms with Crippen molar-refractivity contribution >= 4 is 45.8 Å². The molecule has 2 heterocycles. The van der Waals surface area contributed by atoms with Gasteiger partial charge < -0.3 is 10.6 Å². The first kappa shape index (κ1) is 22.9. The van der Waals surface area contributed by atoms with Gasteiger partial charge in [-0.3, -0.25) is 19.0 Å². The topological polar surface area (TPSA) is 120 Å². The van der Waals surface area contributed by atoms with Gasteiger partial charge in [0.05, 0.1) is 10.9 Å². The van der Waals surface area contributed by atoms with E-state index in [0.717, 1.165) is 17.5 Å². The number of hydrogen-bond acceptors (Lipinski definition) is 5. The maximum atomic E-state index is 13.4. The minimum atomic E-state index is -0.577. The van der Waals surface area contributed by atoms with E-state index in [0.29, 0.717) is 21.7 Å². The fourth-order valence-corrected chi connectivity index (χ4v) is 4.13. The van der Waals surface area contributed by atoms with Crippen LogP contribution in [0.2, 0.25) is 5.02 Å². The van der Waals surface area contributed by atoms with Crippen LogP contribution in [0.25, 0.3) is 16.7 Å². The third-order valence-electron chi connectivity index (χ3n) is 5.74. The molecular formula is C24H23ClN6O4. The number of aromatic nitrogens is 4. The smallest absolute Gasteiger partial charge is 0.350 e. The molecule has 0 unspecified atom stereocenters. The summed E-state index contributed by atoms with van der Waals surface area (Å²) in [6, 6.07) is 11.1. The molecular weight excluding hydrogens is 472 g/mol. The molecule has 0 spiro atoms. The van der Waals surface area contributed by atoms with Crippen molar-refractivity contribution in [3.05, 3.63) is 73.9 Å². The molecule has 0 saturated heterocycles. The van der Waals surface area contributed by atoms with Gasteiger partial charge in [0.1, 0.15) is 6.54 Å². The zero-order valence-electron chi connectivity index (χ0n) is 19.1. The predicted molar refractivity (Wildman–Crippen MR) is 132 cm³/mol. The third kappa shape index (κ3) is 4.32. The molecule has 1 saturated carbocycles. The van der Waals surface area contributed by atoms with Gasteiger partial charge in [0, 0.05) is 28.4 Å². The molecule has 0 aliphatic heterocycles. The van der Waals surface area contributed by atoms with Gasteiger partial charge in [0.25, 0.3) is 11.5 Å². The van der Waals surface area contributed by atoms with E-state index in [-0.39, 0.29) is 41.4 Å². The number of carbonyl (C=O) groups excluding carboxylic acids is 2. The first-order valence-corrected chi connectivity index (χ1v) is 11.6. The van der Waals surface area contributed by atoms with E-state index >= 15 is 0 Å². The summed E-state index contributed by atoms with van der Waals surface area (Å²) in [4.78, 5) is 51.9. The van der Waals surface area contributed by atoms with Crippen LogP contribution in [0, 0.1) is 0 Å². The normalized spacial score (nSPS) is 13.5. The van der Waals surface area contributed by atoms with E-state index in [2.05, 4.69) is 15.7 Å². The molecule has 0 atom stereocenters. The number of nitrogens with one attached hydrogen (secondary N) is 2. The van der Waals surface area contributed by atoms with Gasteiger partial charge in [0.15, 0.2) is 0 Å². The Morgan fingerprint density at radius 2 is 1.83 bits per heavy atom. The summed E-state index contributed by atoms with van der Waals surface area (Å²) in [5.74, 6) is -0.626. The molecule has 35 heavy (non-hydrogen) atoms. The van der Waals surface area contributed by atoms with Crippen LogP contribution < -0.4 is 21.9 Å². The van der Waals surface area contributed by atoms with Gasteiger partial charge in [-0.05, 0) is 69.2 Å². The molecule has 180 valence electrons. The largest absolute Gasteiger partial charge is 0.352 e. The van der Waals surface area contributed by atoms with Crippen molar-refractivity contribution in [3.8, 4) is 0 Å². The summed E-state index contributed by atoms with van der Waals surface area (Å²) in [5.41, 5.74) is 0.252. The quantitative estimate of drug-likeness (QED) is 0.427. The summed E-state index contributed by atoms with van der Waals surface area (Å²) in [5, 5.41) is 10.7. The van der Waals surface area contributed by atoms with Gasteiger partial charge >= 0.3 is 5.69 Å². The Labute approximate surface area is 204 Å². The van der Waals surface area contributed by atoms with E-state index in [4.69, 9.17) is 11.6 Å². The highest BCUT2D eigenvalue weighted by Crippen LogP contribution is 2.35. The molecule has 2 amide bonds. The lowest BCUT2D eigenvalue weighted by Gasteiger charge is -2.11. The van der Waals surface area contributed by atoms with E-state index in [1.165, 1.54) is 15.0 Å². The molecule has 0 bridgehead atoms. The zero-order valence-corrected chi connectivity index (χ0v) is 19.9. The van der Waals surface area contributed by atoms with Gasteiger partial charge in [-0.1, -0.05) is 11.6 Å². The average molecular weight is 495 g/mol. The van der Waals surface area contributed by atoms with Crippen molar-refractivity contribution < 1.29 is 9.59 Å². The summed E-state index contributed by atoms with van der Waals surface area (Å²) in [7, 11) is 0. The van der Waals surface area contributed by atoms with Crippen molar-refractivity contribution in [2.24, 2.45) is 0 Å². The Morgan fingerprint density at radius 1 is 1.11 bits per heavy atom. The molecule has 1 fully saturated rings. The van der Waals surface area contributed by atoms with Crippen molar-refractivity contribution in [1.29, 1.82) is 0 Å². The lowest BCUT2D eigenvalue weighted by Crippen LogP contribution is -2.31. The second-order valence-corrected chi connectivity index (χ2v) is 9.33. The minimum Gasteiger partial charge on any atom is -0.350 e. The first-order chi connectivity index (χ1) is 16.7. The lowest BCUT2D eigenvalue weighted by atomic mass is 10.1. The number of benzene rings is 2. The second-order valence-electron chi connectivity index (χ2n) is 8.90. The SMILES string of the molecule is CC(C)NC(=O)c1ccc2c(=O)n(C3CC3)c3nn(CC(=O)Nc4ccc(Cl)cc4)c(=O)n3c2c1. The van der Waals surface area contributed by atoms with Crippen LogP contribution in [-0.2, 0) is 11.3 Å². The fraction of sp³-hybridized carbons (Fsp3) is 0.292. The maximum Gasteiger partial charge on any atom is 0.352 e. The van der Waals surface area contributed by atoms with Crippen molar-refractivity contribution in [2.45, 2.75) is 45.3 Å². The Kier molecular flexibility index (Phi) is 5.68. The van der Waals surface area contributed by atoms with E-state index < -0.39 is 11.6 Å². The molecule has 1 aliphatic carbocycles. The predicted octanol–water partition coefficient (Wildman–Crippen LogP) is 2.58. The molecule has 11 heteroatoms. The van der Waals surface area contributed by atoms with Crippen molar-refractivity contribution in [3.63, 3.8) is 0 Å². The molecule has 2 aromatic heterocycles. The Bertz CT molecular complexity index is 1600. The molecule has 0 radical (unpaired) electrons. The summed E-state index contributed by atoms with van der Waals surface area (Å²) in [6.07, 6.45) is 1.60. The molecule has 5 rings (SSSR count).